The molecule has 94 valence electrons. The van der Waals surface area contributed by atoms with E-state index in [0.29, 0.717) is 5.52 Å². The van der Waals surface area contributed by atoms with E-state index >= 15 is 0 Å². The molecule has 2 rings (SSSR count). The lowest BCUT2D eigenvalue weighted by atomic mass is 10.2. The second-order valence-electron chi connectivity index (χ2n) is 3.65. The molecule has 0 unspecified atom stereocenters. The van der Waals surface area contributed by atoms with Gasteiger partial charge in [0, 0.05) is 6.08 Å². The Balaban J connectivity index is 2.50. The van der Waals surface area contributed by atoms with Gasteiger partial charge in [0.2, 0.25) is 0 Å². The molecule has 3 N–H and O–H groups in total. The van der Waals surface area contributed by atoms with Crippen molar-refractivity contribution in [3.63, 3.8) is 0 Å². The highest BCUT2D eigenvalue weighted by molar-refractivity contribution is 5.85. The molecule has 0 aliphatic rings. The first-order valence-electron chi connectivity index (χ1n) is 5.31. The van der Waals surface area contributed by atoms with Gasteiger partial charge in [-0.1, -0.05) is 12.1 Å². The number of rotatable bonds is 3. The molecule has 0 amide bonds. The first-order chi connectivity index (χ1) is 9.11. The highest BCUT2D eigenvalue weighted by Crippen LogP contribution is 2.18. The Morgan fingerprint density at radius 3 is 2.68 bits per heavy atom. The third-order valence-corrected chi connectivity index (χ3v) is 2.38. The highest BCUT2D eigenvalue weighted by Gasteiger charge is 2.11. The van der Waals surface area contributed by atoms with E-state index in [1.165, 1.54) is 0 Å². The number of aromatic nitrogens is 2. The Hall–Kier alpha value is -3.07. The summed E-state index contributed by atoms with van der Waals surface area (Å²) in [6.07, 6.45) is 1.68. The molecule has 0 fully saturated rings. The van der Waals surface area contributed by atoms with E-state index in [0.717, 1.165) is 17.7 Å². The van der Waals surface area contributed by atoms with Gasteiger partial charge in [-0.15, -0.1) is 0 Å². The second kappa shape index (κ2) is 5.06. The molecule has 0 radical (unpaired) electrons. The molecule has 6 nitrogen and oxygen atoms in total. The van der Waals surface area contributed by atoms with Gasteiger partial charge in [0.25, 0.3) is 0 Å². The third kappa shape index (κ3) is 2.61. The van der Waals surface area contributed by atoms with Gasteiger partial charge in [-0.2, -0.15) is 5.26 Å². The summed E-state index contributed by atoms with van der Waals surface area (Å²) in [6, 6.07) is 8.94. The van der Waals surface area contributed by atoms with E-state index in [9.17, 15) is 9.90 Å². The number of aromatic amines is 1. The number of carbonyl (C=O) groups is 1. The minimum atomic E-state index is -1.21. The highest BCUT2D eigenvalue weighted by atomic mass is 16.4. The number of imidazole rings is 1. The molecule has 19 heavy (non-hydrogen) atoms. The lowest BCUT2D eigenvalue weighted by Gasteiger charge is -1.95. The summed E-state index contributed by atoms with van der Waals surface area (Å²) in [4.78, 5) is 17.4. The van der Waals surface area contributed by atoms with Crippen molar-refractivity contribution in [2.75, 3.05) is 0 Å². The van der Waals surface area contributed by atoms with Crippen molar-refractivity contribution in [3.8, 4) is 6.07 Å². The van der Waals surface area contributed by atoms with Crippen LogP contribution in [0.25, 0.3) is 16.6 Å². The third-order valence-electron chi connectivity index (χ3n) is 2.38. The Kier molecular flexibility index (Phi) is 3.30. The summed E-state index contributed by atoms with van der Waals surface area (Å²) in [5.74, 6) is -1.48. The number of hydrogen-bond acceptors (Lipinski definition) is 4. The van der Waals surface area contributed by atoms with Crippen LogP contribution >= 0.6 is 0 Å². The summed E-state index contributed by atoms with van der Waals surface area (Å²) < 4.78 is 0. The van der Waals surface area contributed by atoms with Crippen molar-refractivity contribution in [2.45, 2.75) is 0 Å². The summed E-state index contributed by atoms with van der Waals surface area (Å²) in [7, 11) is 0. The van der Waals surface area contributed by atoms with Gasteiger partial charge >= 0.3 is 5.97 Å². The average molecular weight is 255 g/mol. The molecule has 0 saturated carbocycles. The van der Waals surface area contributed by atoms with Crippen LogP contribution in [0.1, 0.15) is 5.82 Å². The molecule has 2 aromatic rings. The lowest BCUT2D eigenvalue weighted by Crippen LogP contribution is -1.92. The molecule has 0 aliphatic heterocycles. The summed E-state index contributed by atoms with van der Waals surface area (Å²) in [5.41, 5.74) is 1.26. The van der Waals surface area contributed by atoms with Crippen molar-refractivity contribution in [1.29, 1.82) is 5.26 Å². The molecule has 0 bridgehead atoms. The van der Waals surface area contributed by atoms with Gasteiger partial charge in [0.05, 0.1) is 11.0 Å². The molecular formula is C13H9N3O3. The Morgan fingerprint density at radius 2 is 2.05 bits per heavy atom. The van der Waals surface area contributed by atoms with Crippen LogP contribution in [-0.4, -0.2) is 26.2 Å². The first kappa shape index (κ1) is 12.4. The van der Waals surface area contributed by atoms with Gasteiger partial charge in [0.15, 0.2) is 5.82 Å². The number of nitriles is 1. The van der Waals surface area contributed by atoms with E-state index < -0.39 is 11.7 Å². The average Bonchev–Trinajstić information content (AvgIpc) is 2.80. The monoisotopic (exact) mass is 255 g/mol. The number of carboxylic acids is 1. The molecule has 1 heterocycles. The van der Waals surface area contributed by atoms with Crippen molar-refractivity contribution in [3.05, 3.63) is 48.0 Å². The van der Waals surface area contributed by atoms with Gasteiger partial charge in [0.1, 0.15) is 17.4 Å². The number of aliphatic carboxylic acids is 1. The topological polar surface area (TPSA) is 110 Å². The number of fused-ring (bicyclic) bond motifs is 1. The number of allylic oxidation sites excluding steroid dienone is 2. The Labute approximate surface area is 107 Å². The minimum Gasteiger partial charge on any atom is -0.506 e. The van der Waals surface area contributed by atoms with Crippen molar-refractivity contribution in [1.82, 2.24) is 9.97 Å². The van der Waals surface area contributed by atoms with Crippen LogP contribution in [0.2, 0.25) is 0 Å². The fourth-order valence-electron chi connectivity index (χ4n) is 1.54. The molecule has 0 spiro atoms. The number of nitrogens with zero attached hydrogens (tertiary/aromatic N) is 2. The smallest absolute Gasteiger partial charge is 0.328 e. The summed E-state index contributed by atoms with van der Waals surface area (Å²) >= 11 is 0. The van der Waals surface area contributed by atoms with Gasteiger partial charge in [-0.25, -0.2) is 9.78 Å². The predicted molar refractivity (Wildman–Crippen MR) is 68.0 cm³/mol. The minimum absolute atomic E-state index is 0.117. The zero-order valence-corrected chi connectivity index (χ0v) is 9.66. The number of benzene rings is 1. The van der Waals surface area contributed by atoms with Crippen LogP contribution in [0, 0.1) is 11.3 Å². The maximum absolute atomic E-state index is 10.4. The van der Waals surface area contributed by atoms with E-state index in [1.54, 1.807) is 24.3 Å². The number of nitrogens with one attached hydrogen (secondary N) is 1. The second-order valence-corrected chi connectivity index (χ2v) is 3.65. The van der Waals surface area contributed by atoms with Crippen LogP contribution in [0.5, 0.6) is 0 Å². The summed E-state index contributed by atoms with van der Waals surface area (Å²) in [6.45, 7) is 0. The SMILES string of the molecule is N#CC(=C(O)/C=C/C(=O)O)c1nc2ccccc2[nH]1. The van der Waals surface area contributed by atoms with Crippen LogP contribution < -0.4 is 0 Å². The van der Waals surface area contributed by atoms with Gasteiger partial charge in [-0.3, -0.25) is 0 Å². The zero-order chi connectivity index (χ0) is 13.8. The van der Waals surface area contributed by atoms with Gasteiger partial charge < -0.3 is 15.2 Å². The number of aliphatic hydroxyl groups excluding tert-OH is 1. The van der Waals surface area contributed by atoms with Crippen LogP contribution in [0.3, 0.4) is 0 Å². The molecule has 0 atom stereocenters. The fourth-order valence-corrected chi connectivity index (χ4v) is 1.54. The maximum Gasteiger partial charge on any atom is 0.328 e. The number of aliphatic hydroxyl groups is 1. The van der Waals surface area contributed by atoms with Crippen LogP contribution in [0.15, 0.2) is 42.2 Å². The summed E-state index contributed by atoms with van der Waals surface area (Å²) in [5, 5.41) is 27.2. The molecular weight excluding hydrogens is 246 g/mol. The molecule has 0 saturated heterocycles. The number of carboxylic acid groups (broad SMARTS) is 1. The number of H-pyrrole nitrogens is 1. The largest absolute Gasteiger partial charge is 0.506 e. The first-order valence-corrected chi connectivity index (χ1v) is 5.31. The normalized spacial score (nSPS) is 12.4. The van der Waals surface area contributed by atoms with Crippen LogP contribution in [0.4, 0.5) is 0 Å². The zero-order valence-electron chi connectivity index (χ0n) is 9.66. The van der Waals surface area contributed by atoms with E-state index in [-0.39, 0.29) is 11.4 Å². The van der Waals surface area contributed by atoms with Gasteiger partial charge in [-0.05, 0) is 18.2 Å². The van der Waals surface area contributed by atoms with Crippen molar-refractivity contribution >= 4 is 22.6 Å². The van der Waals surface area contributed by atoms with Crippen LogP contribution in [-0.2, 0) is 4.79 Å². The predicted octanol–water partition coefficient (Wildman–Crippen LogP) is 2.00. The number of hydrogen-bond donors (Lipinski definition) is 3. The van der Waals surface area contributed by atoms with E-state index in [1.807, 2.05) is 6.07 Å². The molecule has 0 aliphatic carbocycles. The maximum atomic E-state index is 10.4. The van der Waals surface area contributed by atoms with E-state index in [4.69, 9.17) is 10.4 Å². The standard InChI is InChI=1S/C13H9N3O3/c14-7-8(11(17)5-6-12(18)19)13-15-9-3-1-2-4-10(9)16-13/h1-6,17H,(H,15,16)(H,18,19)/b6-5+,11-8?. The molecule has 1 aromatic carbocycles. The quantitative estimate of drug-likeness (QED) is 0.336. The van der Waals surface area contributed by atoms with Crippen molar-refractivity contribution < 1.29 is 15.0 Å². The van der Waals surface area contributed by atoms with E-state index in [2.05, 4.69) is 9.97 Å². The molecule has 1 aromatic heterocycles. The Morgan fingerprint density at radius 1 is 1.32 bits per heavy atom. The lowest BCUT2D eigenvalue weighted by molar-refractivity contribution is -0.131. The van der Waals surface area contributed by atoms with Crippen molar-refractivity contribution in [2.24, 2.45) is 0 Å². The Bertz CT molecular complexity index is 702. The fraction of sp³-hybridized carbons (Fsp3) is 0. The number of para-hydroxylation sites is 2. The molecule has 6 heteroatoms.